The first-order chi connectivity index (χ1) is 4.13. The Bertz CT molecular complexity index is 160. The van der Waals surface area contributed by atoms with Crippen molar-refractivity contribution >= 4 is 0 Å². The van der Waals surface area contributed by atoms with Crippen molar-refractivity contribution in [3.05, 3.63) is 24.6 Å². The summed E-state index contributed by atoms with van der Waals surface area (Å²) in [7, 11) is 1.98. The van der Waals surface area contributed by atoms with Gasteiger partial charge in [-0.15, -0.1) is 0 Å². The monoisotopic (exact) mass is 124 g/mol. The molecule has 0 aliphatic carbocycles. The molecular formula is C7H12N2. The Morgan fingerprint density at radius 3 is 2.56 bits per heavy atom. The first kappa shape index (κ1) is 6.20. The zero-order valence-corrected chi connectivity index (χ0v) is 5.72. The van der Waals surface area contributed by atoms with Gasteiger partial charge in [0.1, 0.15) is 0 Å². The molecule has 0 amide bonds. The van der Waals surface area contributed by atoms with Gasteiger partial charge in [0, 0.05) is 24.9 Å². The lowest BCUT2D eigenvalue weighted by atomic mass is 9.98. The average molecular weight is 124 g/mol. The second-order valence-corrected chi connectivity index (χ2v) is 2.47. The van der Waals surface area contributed by atoms with Crippen LogP contribution in [0, 0.1) is 0 Å². The molecule has 1 atom stereocenters. The molecule has 1 rings (SSSR count). The van der Waals surface area contributed by atoms with E-state index in [9.17, 15) is 0 Å². The van der Waals surface area contributed by atoms with E-state index >= 15 is 0 Å². The van der Waals surface area contributed by atoms with Gasteiger partial charge in [0.25, 0.3) is 0 Å². The minimum absolute atomic E-state index is 0.345. The number of nitrogens with two attached hydrogens (primary N) is 1. The van der Waals surface area contributed by atoms with Crippen LogP contribution in [0.5, 0.6) is 0 Å². The van der Waals surface area contributed by atoms with Crippen LogP contribution in [0.1, 0.15) is 6.42 Å². The van der Waals surface area contributed by atoms with Gasteiger partial charge < -0.3 is 10.6 Å². The molecule has 2 N–H and O–H groups in total. The number of likely N-dealkylation sites (tertiary alicyclic amines) is 1. The number of nitrogens with zero attached hydrogens (tertiary/aromatic N) is 1. The van der Waals surface area contributed by atoms with Crippen molar-refractivity contribution < 1.29 is 0 Å². The van der Waals surface area contributed by atoms with Crippen molar-refractivity contribution in [3.8, 4) is 0 Å². The molecular weight excluding hydrogens is 112 g/mol. The van der Waals surface area contributed by atoms with E-state index in [4.69, 9.17) is 5.73 Å². The summed E-state index contributed by atoms with van der Waals surface area (Å²) in [4.78, 5) is 2.04. The summed E-state index contributed by atoms with van der Waals surface area (Å²) in [6.07, 6.45) is 0.978. The van der Waals surface area contributed by atoms with Gasteiger partial charge in [0.05, 0.1) is 6.04 Å². The van der Waals surface area contributed by atoms with Gasteiger partial charge in [-0.25, -0.2) is 0 Å². The quantitative estimate of drug-likeness (QED) is 0.557. The first-order valence-electron chi connectivity index (χ1n) is 2.98. The second-order valence-electron chi connectivity index (χ2n) is 2.47. The third kappa shape index (κ3) is 0.803. The van der Waals surface area contributed by atoms with Crippen LogP contribution in [-0.2, 0) is 0 Å². The van der Waals surface area contributed by atoms with Crippen molar-refractivity contribution in [1.82, 2.24) is 4.90 Å². The van der Waals surface area contributed by atoms with Crippen LogP contribution in [0.4, 0.5) is 0 Å². The van der Waals surface area contributed by atoms with Gasteiger partial charge >= 0.3 is 0 Å². The van der Waals surface area contributed by atoms with Crippen molar-refractivity contribution in [2.75, 3.05) is 7.05 Å². The summed E-state index contributed by atoms with van der Waals surface area (Å²) in [5.41, 5.74) is 7.36. The molecule has 50 valence electrons. The Morgan fingerprint density at radius 1 is 1.89 bits per heavy atom. The van der Waals surface area contributed by atoms with E-state index < -0.39 is 0 Å². The van der Waals surface area contributed by atoms with Gasteiger partial charge in [-0.3, -0.25) is 0 Å². The van der Waals surface area contributed by atoms with Gasteiger partial charge in [-0.05, 0) is 0 Å². The molecule has 0 aromatic carbocycles. The van der Waals surface area contributed by atoms with E-state index in [1.807, 2.05) is 11.9 Å². The average Bonchev–Trinajstić information content (AvgIpc) is 1.81. The van der Waals surface area contributed by atoms with Crippen LogP contribution in [0.15, 0.2) is 24.6 Å². The van der Waals surface area contributed by atoms with E-state index in [1.165, 1.54) is 0 Å². The molecule has 1 aliphatic heterocycles. The van der Waals surface area contributed by atoms with Crippen LogP contribution < -0.4 is 5.73 Å². The molecule has 0 aromatic rings. The smallest absolute Gasteiger partial charge is 0.0728 e. The molecule has 0 radical (unpaired) electrons. The minimum atomic E-state index is 0.345. The van der Waals surface area contributed by atoms with Crippen molar-refractivity contribution in [2.45, 2.75) is 12.5 Å². The topological polar surface area (TPSA) is 29.3 Å². The number of hydrogen-bond donors (Lipinski definition) is 1. The molecule has 9 heavy (non-hydrogen) atoms. The third-order valence-corrected chi connectivity index (χ3v) is 1.82. The molecule has 0 spiro atoms. The van der Waals surface area contributed by atoms with E-state index in [2.05, 4.69) is 13.2 Å². The molecule has 1 heterocycles. The van der Waals surface area contributed by atoms with Gasteiger partial charge in [-0.2, -0.15) is 0 Å². The normalized spacial score (nSPS) is 25.7. The van der Waals surface area contributed by atoms with Crippen LogP contribution in [-0.4, -0.2) is 18.0 Å². The van der Waals surface area contributed by atoms with E-state index in [0.29, 0.717) is 6.04 Å². The van der Waals surface area contributed by atoms with Gasteiger partial charge in [-0.1, -0.05) is 13.2 Å². The Hall–Kier alpha value is -0.920. The summed E-state index contributed by atoms with van der Waals surface area (Å²) in [5.74, 6) is 0. The van der Waals surface area contributed by atoms with Gasteiger partial charge in [0.15, 0.2) is 0 Å². The van der Waals surface area contributed by atoms with E-state index in [0.717, 1.165) is 17.8 Å². The highest BCUT2D eigenvalue weighted by Gasteiger charge is 2.28. The largest absolute Gasteiger partial charge is 0.401 e. The van der Waals surface area contributed by atoms with Crippen LogP contribution in [0.3, 0.4) is 0 Å². The fourth-order valence-corrected chi connectivity index (χ4v) is 0.992. The maximum Gasteiger partial charge on any atom is 0.0728 e. The Kier molecular flexibility index (Phi) is 1.24. The highest BCUT2D eigenvalue weighted by atomic mass is 15.2. The fourth-order valence-electron chi connectivity index (χ4n) is 0.992. The predicted molar refractivity (Wildman–Crippen MR) is 38.6 cm³/mol. The van der Waals surface area contributed by atoms with Crippen LogP contribution >= 0.6 is 0 Å². The minimum Gasteiger partial charge on any atom is -0.401 e. The molecule has 0 saturated carbocycles. The van der Waals surface area contributed by atoms with E-state index in [-0.39, 0.29) is 0 Å². The highest BCUT2D eigenvalue weighted by molar-refractivity contribution is 5.19. The standard InChI is InChI=1S/C7H12N2/c1-5-4-7(6(2)8)9(5)3/h7H,1-2,4,8H2,3H3. The molecule has 1 aliphatic rings. The zero-order chi connectivity index (χ0) is 7.02. The van der Waals surface area contributed by atoms with Gasteiger partial charge in [0.2, 0.25) is 0 Å². The first-order valence-corrected chi connectivity index (χ1v) is 2.98. The molecule has 2 heteroatoms. The highest BCUT2D eigenvalue weighted by Crippen LogP contribution is 2.27. The summed E-state index contributed by atoms with van der Waals surface area (Å²) in [5, 5.41) is 0. The number of hydrogen-bond acceptors (Lipinski definition) is 2. The molecule has 1 saturated heterocycles. The lowest BCUT2D eigenvalue weighted by Crippen LogP contribution is -2.44. The predicted octanol–water partition coefficient (Wildman–Crippen LogP) is 0.677. The van der Waals surface area contributed by atoms with Crippen molar-refractivity contribution in [1.29, 1.82) is 0 Å². The van der Waals surface area contributed by atoms with Crippen LogP contribution in [0.25, 0.3) is 0 Å². The molecule has 1 fully saturated rings. The lowest BCUT2D eigenvalue weighted by molar-refractivity contribution is 0.231. The molecule has 2 nitrogen and oxygen atoms in total. The number of rotatable bonds is 1. The summed E-state index contributed by atoms with van der Waals surface area (Å²) < 4.78 is 0. The van der Waals surface area contributed by atoms with Crippen LogP contribution in [0.2, 0.25) is 0 Å². The fraction of sp³-hybridized carbons (Fsp3) is 0.429. The van der Waals surface area contributed by atoms with Crippen molar-refractivity contribution in [3.63, 3.8) is 0 Å². The SMILES string of the molecule is C=C(N)C1CC(=C)N1C. The van der Waals surface area contributed by atoms with Crippen molar-refractivity contribution in [2.24, 2.45) is 5.73 Å². The Labute approximate surface area is 55.6 Å². The summed E-state index contributed by atoms with van der Waals surface area (Å²) in [6, 6.07) is 0.345. The zero-order valence-electron chi connectivity index (χ0n) is 5.72. The summed E-state index contributed by atoms with van der Waals surface area (Å²) >= 11 is 0. The third-order valence-electron chi connectivity index (χ3n) is 1.82. The maximum atomic E-state index is 5.47. The molecule has 0 bridgehead atoms. The Morgan fingerprint density at radius 2 is 2.44 bits per heavy atom. The Balaban J connectivity index is 2.51. The lowest BCUT2D eigenvalue weighted by Gasteiger charge is -2.41. The summed E-state index contributed by atoms with van der Waals surface area (Å²) in [6.45, 7) is 7.46. The van der Waals surface area contributed by atoms with E-state index in [1.54, 1.807) is 0 Å². The number of likely N-dealkylation sites (N-methyl/N-ethyl adjacent to an activating group) is 1. The molecule has 1 unspecified atom stereocenters. The molecule has 0 aromatic heterocycles. The second kappa shape index (κ2) is 1.79. The maximum absolute atomic E-state index is 5.47.